The van der Waals surface area contributed by atoms with E-state index in [9.17, 15) is 22.4 Å². The molecule has 2 aliphatic rings. The van der Waals surface area contributed by atoms with Gasteiger partial charge < -0.3 is 24.3 Å². The summed E-state index contributed by atoms with van der Waals surface area (Å²) in [5, 5.41) is 2.66. The van der Waals surface area contributed by atoms with E-state index in [4.69, 9.17) is 9.47 Å². The Morgan fingerprint density at radius 2 is 2.09 bits per heavy atom. The number of halogens is 1. The summed E-state index contributed by atoms with van der Waals surface area (Å²) in [6.45, 7) is 3.98. The van der Waals surface area contributed by atoms with Crippen molar-refractivity contribution in [1.29, 1.82) is 0 Å². The number of anilines is 1. The van der Waals surface area contributed by atoms with Crippen molar-refractivity contribution in [3.05, 3.63) is 41.5 Å². The maximum Gasteiger partial charge on any atom is 0.409 e. The van der Waals surface area contributed by atoms with Gasteiger partial charge in [0.1, 0.15) is 10.7 Å². The van der Waals surface area contributed by atoms with Crippen LogP contribution in [-0.4, -0.2) is 62.2 Å². The number of aryl methyl sites for hydroxylation is 2. The first-order valence-corrected chi connectivity index (χ1v) is 11.9. The molecule has 10 nitrogen and oxygen atoms in total. The van der Waals surface area contributed by atoms with Crippen molar-refractivity contribution in [2.45, 2.75) is 24.8 Å². The number of rotatable bonds is 3. The average Bonchev–Trinajstić information content (AvgIpc) is 3.29. The van der Waals surface area contributed by atoms with E-state index in [1.54, 1.807) is 13.8 Å². The Kier molecular flexibility index (Phi) is 6.06. The molecule has 1 saturated heterocycles. The van der Waals surface area contributed by atoms with Gasteiger partial charge in [-0.25, -0.2) is 22.3 Å². The first kappa shape index (κ1) is 23.1. The molecule has 12 heteroatoms. The third kappa shape index (κ3) is 4.40. The Labute approximate surface area is 190 Å². The maximum atomic E-state index is 13.6. The highest BCUT2D eigenvalue weighted by Crippen LogP contribution is 2.34. The lowest BCUT2D eigenvalue weighted by molar-refractivity contribution is 0.101. The molecule has 2 N–H and O–H groups in total. The zero-order valence-corrected chi connectivity index (χ0v) is 19.2. The minimum absolute atomic E-state index is 0.0102. The van der Waals surface area contributed by atoms with Gasteiger partial charge in [0.2, 0.25) is 10.0 Å². The molecule has 2 atom stereocenters. The van der Waals surface area contributed by atoms with Crippen LogP contribution >= 0.6 is 0 Å². The minimum atomic E-state index is -4.04. The van der Waals surface area contributed by atoms with E-state index in [1.165, 1.54) is 40.9 Å². The smallest absolute Gasteiger partial charge is 0.409 e. The Morgan fingerprint density at radius 1 is 1.33 bits per heavy atom. The third-order valence-electron chi connectivity index (χ3n) is 5.74. The summed E-state index contributed by atoms with van der Waals surface area (Å²) in [5.74, 6) is -1.40. The Bertz CT molecular complexity index is 1210. The topological polar surface area (TPSA) is 119 Å². The van der Waals surface area contributed by atoms with Crippen LogP contribution in [0.25, 0.3) is 0 Å². The van der Waals surface area contributed by atoms with Crippen LogP contribution in [0.3, 0.4) is 0 Å². The zero-order chi connectivity index (χ0) is 23.9. The quantitative estimate of drug-likeness (QED) is 0.692. The molecule has 1 aromatic heterocycles. The van der Waals surface area contributed by atoms with Gasteiger partial charge in [0.25, 0.3) is 5.91 Å². The molecule has 0 bridgehead atoms. The van der Waals surface area contributed by atoms with Gasteiger partial charge >= 0.3 is 6.09 Å². The molecule has 2 aliphatic heterocycles. The summed E-state index contributed by atoms with van der Waals surface area (Å²) in [4.78, 5) is 26.4. The number of nitrogens with one attached hydrogen (secondary N) is 2. The van der Waals surface area contributed by atoms with Gasteiger partial charge in [-0.15, -0.1) is 0 Å². The summed E-state index contributed by atoms with van der Waals surface area (Å²) < 4.78 is 54.7. The molecule has 1 aromatic carbocycles. The van der Waals surface area contributed by atoms with Crippen molar-refractivity contribution in [3.63, 3.8) is 0 Å². The Balaban J connectivity index is 1.62. The number of fused-ring (bicyclic) bond motifs is 2. The second-order valence-corrected chi connectivity index (χ2v) is 9.79. The first-order valence-electron chi connectivity index (χ1n) is 10.4. The first-order chi connectivity index (χ1) is 15.6. The largest absolute Gasteiger partial charge is 0.489 e. The molecule has 2 amide bonds. The number of benzene rings is 1. The highest BCUT2D eigenvalue weighted by atomic mass is 32.2. The molecule has 2 aromatic rings. The minimum Gasteiger partial charge on any atom is -0.489 e. The van der Waals surface area contributed by atoms with E-state index >= 15 is 0 Å². The molecule has 0 saturated carbocycles. The summed E-state index contributed by atoms with van der Waals surface area (Å²) in [5.41, 5.74) is 0.731. The fraction of sp³-hybridized carbons (Fsp3) is 0.429. The number of nitrogens with zero attached hydrogens (tertiary/aromatic N) is 2. The van der Waals surface area contributed by atoms with Crippen LogP contribution in [0.5, 0.6) is 5.75 Å². The van der Waals surface area contributed by atoms with Crippen LogP contribution in [0, 0.1) is 18.7 Å². The number of likely N-dealkylation sites (tertiary alicyclic amines) is 1. The van der Waals surface area contributed by atoms with Crippen LogP contribution in [0.4, 0.5) is 14.9 Å². The van der Waals surface area contributed by atoms with Crippen LogP contribution in [-0.2, 0) is 21.8 Å². The Hall–Kier alpha value is -3.12. The van der Waals surface area contributed by atoms with Gasteiger partial charge in [0.05, 0.1) is 13.2 Å². The van der Waals surface area contributed by atoms with Gasteiger partial charge in [-0.3, -0.25) is 4.79 Å². The fourth-order valence-corrected chi connectivity index (χ4v) is 5.56. The highest BCUT2D eigenvalue weighted by molar-refractivity contribution is 7.89. The number of ether oxygens (including phenoxy) is 2. The van der Waals surface area contributed by atoms with Gasteiger partial charge in [-0.2, -0.15) is 0 Å². The number of carbonyl (C=O) groups is 2. The number of carbonyl (C=O) groups excluding carboxylic acids is 2. The number of aromatic nitrogens is 1. The summed E-state index contributed by atoms with van der Waals surface area (Å²) in [6, 6.07) is 3.58. The Morgan fingerprint density at radius 3 is 2.79 bits per heavy atom. The van der Waals surface area contributed by atoms with E-state index < -0.39 is 33.9 Å². The number of amides is 2. The van der Waals surface area contributed by atoms with Gasteiger partial charge in [-0.1, -0.05) is 0 Å². The predicted octanol–water partition coefficient (Wildman–Crippen LogP) is 1.85. The van der Waals surface area contributed by atoms with Crippen LogP contribution < -0.4 is 14.8 Å². The normalized spacial score (nSPS) is 21.3. The monoisotopic (exact) mass is 480 g/mol. The number of hydrogen-bond acceptors (Lipinski definition) is 6. The molecule has 178 valence electrons. The molecule has 4 rings (SSSR count). The van der Waals surface area contributed by atoms with E-state index in [1.807, 2.05) is 0 Å². The van der Waals surface area contributed by atoms with Crippen LogP contribution in [0.2, 0.25) is 0 Å². The van der Waals surface area contributed by atoms with Crippen molar-refractivity contribution in [2.24, 2.45) is 13.0 Å². The summed E-state index contributed by atoms with van der Waals surface area (Å²) >= 11 is 0. The van der Waals surface area contributed by atoms with Crippen molar-refractivity contribution in [2.75, 3.05) is 31.6 Å². The maximum absolute atomic E-state index is 13.6. The van der Waals surface area contributed by atoms with Crippen molar-refractivity contribution in [3.8, 4) is 5.75 Å². The molecule has 0 radical (unpaired) electrons. The molecule has 1 fully saturated rings. The van der Waals surface area contributed by atoms with Crippen molar-refractivity contribution < 1.29 is 31.9 Å². The van der Waals surface area contributed by atoms with Crippen molar-refractivity contribution >= 4 is 27.7 Å². The molecular formula is C21H25FN4O6S. The predicted molar refractivity (Wildman–Crippen MR) is 116 cm³/mol. The zero-order valence-electron chi connectivity index (χ0n) is 18.4. The SMILES string of the molecule is CCOC(=O)N1CC2COc3c(cn(C)c3C(=O)Nc3ccc(F)c(C)c3)S(=O)(=O)NC2C1. The third-order valence-corrected chi connectivity index (χ3v) is 7.22. The van der Waals surface area contributed by atoms with Crippen molar-refractivity contribution in [1.82, 2.24) is 14.2 Å². The molecule has 0 spiro atoms. The summed E-state index contributed by atoms with van der Waals surface area (Å²) in [6.07, 6.45) is 0.789. The lowest BCUT2D eigenvalue weighted by Crippen LogP contribution is -2.43. The standard InChI is InChI=1S/C21H25FN4O6S/c1-4-31-21(28)26-8-13-11-32-19-17(33(29,30)24-16(13)9-26)10-25(3)18(19)20(27)23-14-5-6-15(22)12(2)7-14/h5-7,10,13,16,24H,4,8-9,11H2,1-3H3,(H,23,27). The van der Waals surface area contributed by atoms with E-state index in [-0.39, 0.29) is 48.6 Å². The molecule has 0 aliphatic carbocycles. The van der Waals surface area contributed by atoms with Gasteiger partial charge in [0, 0.05) is 44.0 Å². The molecular weight excluding hydrogens is 455 g/mol. The lowest BCUT2D eigenvalue weighted by Gasteiger charge is -2.23. The fourth-order valence-electron chi connectivity index (χ4n) is 4.07. The lowest BCUT2D eigenvalue weighted by atomic mass is 10.1. The van der Waals surface area contributed by atoms with E-state index in [0.29, 0.717) is 11.3 Å². The highest BCUT2D eigenvalue weighted by Gasteiger charge is 2.42. The number of hydrogen-bond donors (Lipinski definition) is 2. The van der Waals surface area contributed by atoms with Gasteiger partial charge in [0.15, 0.2) is 11.4 Å². The molecule has 2 unspecified atom stereocenters. The number of sulfonamides is 1. The summed E-state index contributed by atoms with van der Waals surface area (Å²) in [7, 11) is -2.50. The van der Waals surface area contributed by atoms with Crippen LogP contribution in [0.15, 0.2) is 29.3 Å². The average molecular weight is 481 g/mol. The van der Waals surface area contributed by atoms with E-state index in [2.05, 4.69) is 10.0 Å². The van der Waals surface area contributed by atoms with E-state index in [0.717, 1.165) is 0 Å². The van der Waals surface area contributed by atoms with Gasteiger partial charge in [-0.05, 0) is 37.6 Å². The second kappa shape index (κ2) is 8.67. The molecule has 33 heavy (non-hydrogen) atoms. The second-order valence-electron chi connectivity index (χ2n) is 8.10. The van der Waals surface area contributed by atoms with Crippen LogP contribution in [0.1, 0.15) is 23.0 Å². The molecule has 3 heterocycles.